The Balaban J connectivity index is 2.34. The predicted molar refractivity (Wildman–Crippen MR) is 87.0 cm³/mol. The van der Waals surface area contributed by atoms with Crippen LogP contribution in [0.25, 0.3) is 0 Å². The van der Waals surface area contributed by atoms with Gasteiger partial charge in [-0.3, -0.25) is 9.82 Å². The largest absolute Gasteiger partial charge is 0.280 e. The van der Waals surface area contributed by atoms with E-state index >= 15 is 0 Å². The van der Waals surface area contributed by atoms with Crippen molar-refractivity contribution in [2.75, 3.05) is 4.72 Å². The minimum atomic E-state index is -3.66. The highest BCUT2D eigenvalue weighted by Gasteiger charge is 2.21. The number of benzene rings is 1. The first-order valence-corrected chi connectivity index (χ1v) is 8.72. The lowest BCUT2D eigenvalue weighted by molar-refractivity contribution is 0.567. The van der Waals surface area contributed by atoms with E-state index in [1.165, 1.54) is 0 Å². The molecule has 2 N–H and O–H groups in total. The van der Waals surface area contributed by atoms with Gasteiger partial charge in [0.25, 0.3) is 10.0 Å². The molecule has 7 heteroatoms. The second-order valence-corrected chi connectivity index (χ2v) is 8.50. The normalized spacial score (nSPS) is 12.4. The molecular weight excluding hydrogens is 354 g/mol. The Morgan fingerprint density at radius 1 is 1.24 bits per heavy atom. The summed E-state index contributed by atoms with van der Waals surface area (Å²) in [5, 5.41) is 6.88. The number of aryl methyl sites for hydroxylation is 1. The van der Waals surface area contributed by atoms with Crippen LogP contribution in [0, 0.1) is 6.92 Å². The lowest BCUT2D eigenvalue weighted by Crippen LogP contribution is -2.14. The number of H-pyrrole nitrogens is 1. The van der Waals surface area contributed by atoms with E-state index in [9.17, 15) is 8.42 Å². The molecule has 0 bridgehead atoms. The Labute approximate surface area is 133 Å². The Morgan fingerprint density at radius 2 is 1.90 bits per heavy atom. The van der Waals surface area contributed by atoms with Crippen molar-refractivity contribution in [3.63, 3.8) is 0 Å². The quantitative estimate of drug-likeness (QED) is 0.865. The summed E-state index contributed by atoms with van der Waals surface area (Å²) in [6, 6.07) is 6.85. The van der Waals surface area contributed by atoms with Crippen LogP contribution in [0.2, 0.25) is 0 Å². The summed E-state index contributed by atoms with van der Waals surface area (Å²) in [4.78, 5) is 0.234. The van der Waals surface area contributed by atoms with Gasteiger partial charge in [-0.05, 0) is 24.6 Å². The Morgan fingerprint density at radius 3 is 2.48 bits per heavy atom. The Bertz CT molecular complexity index is 761. The van der Waals surface area contributed by atoms with Crippen molar-refractivity contribution in [1.29, 1.82) is 0 Å². The van der Waals surface area contributed by atoms with E-state index in [0.29, 0.717) is 15.9 Å². The van der Waals surface area contributed by atoms with Crippen LogP contribution in [0.1, 0.15) is 32.0 Å². The van der Waals surface area contributed by atoms with Crippen LogP contribution in [-0.4, -0.2) is 18.6 Å². The van der Waals surface area contributed by atoms with Crippen molar-refractivity contribution in [2.45, 2.75) is 38.0 Å². The molecular formula is C14H18BrN3O2S. The minimum absolute atomic E-state index is 0.123. The van der Waals surface area contributed by atoms with Gasteiger partial charge in [0.2, 0.25) is 0 Å². The molecule has 0 radical (unpaired) electrons. The van der Waals surface area contributed by atoms with Gasteiger partial charge in [0.15, 0.2) is 5.82 Å². The molecule has 2 rings (SSSR count). The molecule has 114 valence electrons. The second-order valence-electron chi connectivity index (χ2n) is 5.93. The second kappa shape index (κ2) is 5.46. The van der Waals surface area contributed by atoms with Crippen molar-refractivity contribution >= 4 is 31.8 Å². The molecule has 0 spiro atoms. The smallest absolute Gasteiger partial charge is 0.263 e. The van der Waals surface area contributed by atoms with Gasteiger partial charge in [-0.25, -0.2) is 8.42 Å². The summed E-state index contributed by atoms with van der Waals surface area (Å²) >= 11 is 3.29. The lowest BCUT2D eigenvalue weighted by atomic mass is 9.92. The first kappa shape index (κ1) is 16.0. The fraction of sp³-hybridized carbons (Fsp3) is 0.357. The standard InChI is InChI=1S/C14H18BrN3O2S/c1-9-5-6-10(15)7-11(9)21(19,20)18-13-8-12(16-17-13)14(2,3)4/h5-8H,1-4H3,(H2,16,17,18). The van der Waals surface area contributed by atoms with Gasteiger partial charge in [-0.1, -0.05) is 42.8 Å². The third-order valence-corrected chi connectivity index (χ3v) is 5.05. The van der Waals surface area contributed by atoms with Crippen molar-refractivity contribution in [2.24, 2.45) is 0 Å². The summed E-state index contributed by atoms with van der Waals surface area (Å²) in [6.45, 7) is 7.83. The first-order chi connectivity index (χ1) is 9.59. The van der Waals surface area contributed by atoms with Crippen molar-refractivity contribution < 1.29 is 8.42 Å². The zero-order chi connectivity index (χ0) is 15.8. The molecule has 1 aromatic heterocycles. The molecule has 5 nitrogen and oxygen atoms in total. The highest BCUT2D eigenvalue weighted by molar-refractivity contribution is 9.10. The lowest BCUT2D eigenvalue weighted by Gasteiger charge is -2.14. The monoisotopic (exact) mass is 371 g/mol. The highest BCUT2D eigenvalue weighted by atomic mass is 79.9. The van der Waals surface area contributed by atoms with Crippen LogP contribution in [0.3, 0.4) is 0 Å². The number of hydrogen-bond donors (Lipinski definition) is 2. The number of anilines is 1. The number of aromatic nitrogens is 2. The number of rotatable bonds is 3. The maximum Gasteiger partial charge on any atom is 0.263 e. The maximum atomic E-state index is 12.4. The molecule has 0 amide bonds. The van der Waals surface area contributed by atoms with Crippen LogP contribution in [0.4, 0.5) is 5.82 Å². The topological polar surface area (TPSA) is 74.8 Å². The number of halogens is 1. The SMILES string of the molecule is Cc1ccc(Br)cc1S(=O)(=O)Nc1cc(C(C)(C)C)[nH]n1. The van der Waals surface area contributed by atoms with Crippen molar-refractivity contribution in [3.05, 3.63) is 40.0 Å². The molecule has 1 aromatic carbocycles. The average molecular weight is 372 g/mol. The molecule has 21 heavy (non-hydrogen) atoms. The predicted octanol–water partition coefficient (Wildman–Crippen LogP) is 3.58. The highest BCUT2D eigenvalue weighted by Crippen LogP contribution is 2.25. The van der Waals surface area contributed by atoms with Crippen LogP contribution in [0.5, 0.6) is 0 Å². The maximum absolute atomic E-state index is 12.4. The van der Waals surface area contributed by atoms with Crippen LogP contribution in [-0.2, 0) is 15.4 Å². The number of hydrogen-bond acceptors (Lipinski definition) is 3. The first-order valence-electron chi connectivity index (χ1n) is 6.44. The van der Waals surface area contributed by atoms with Gasteiger partial charge in [-0.15, -0.1) is 0 Å². The van der Waals surface area contributed by atoms with Crippen LogP contribution < -0.4 is 4.72 Å². The van der Waals surface area contributed by atoms with Gasteiger partial charge >= 0.3 is 0 Å². The van der Waals surface area contributed by atoms with Crippen molar-refractivity contribution in [1.82, 2.24) is 10.2 Å². The zero-order valence-electron chi connectivity index (χ0n) is 12.4. The summed E-state index contributed by atoms with van der Waals surface area (Å²) in [6.07, 6.45) is 0. The summed E-state index contributed by atoms with van der Waals surface area (Å²) in [7, 11) is -3.66. The van der Waals surface area contributed by atoms with Crippen LogP contribution >= 0.6 is 15.9 Å². The average Bonchev–Trinajstić information content (AvgIpc) is 2.79. The van der Waals surface area contributed by atoms with E-state index in [1.54, 1.807) is 31.2 Å². The molecule has 0 saturated carbocycles. The van der Waals surface area contributed by atoms with E-state index in [1.807, 2.05) is 20.8 Å². The number of nitrogens with zero attached hydrogens (tertiary/aromatic N) is 1. The Kier molecular flexibility index (Phi) is 4.17. The molecule has 0 aliphatic rings. The molecule has 0 aliphatic heterocycles. The molecule has 0 unspecified atom stereocenters. The summed E-state index contributed by atoms with van der Waals surface area (Å²) < 4.78 is 28.1. The Hall–Kier alpha value is -1.34. The molecule has 0 aliphatic carbocycles. The molecule has 1 heterocycles. The fourth-order valence-corrected chi connectivity index (χ4v) is 3.59. The summed E-state index contributed by atoms with van der Waals surface area (Å²) in [5.74, 6) is 0.291. The molecule has 0 fully saturated rings. The van der Waals surface area contributed by atoms with E-state index in [0.717, 1.165) is 5.69 Å². The zero-order valence-corrected chi connectivity index (χ0v) is 14.8. The fourth-order valence-electron chi connectivity index (χ4n) is 1.81. The van der Waals surface area contributed by atoms with Gasteiger partial charge in [0, 0.05) is 21.6 Å². The third kappa shape index (κ3) is 3.65. The number of sulfonamides is 1. The van der Waals surface area contributed by atoms with Gasteiger partial charge < -0.3 is 0 Å². The van der Waals surface area contributed by atoms with E-state index < -0.39 is 10.0 Å². The summed E-state index contributed by atoms with van der Waals surface area (Å²) in [5.41, 5.74) is 1.42. The molecule has 0 atom stereocenters. The van der Waals surface area contributed by atoms with Gasteiger partial charge in [0.1, 0.15) is 0 Å². The molecule has 0 saturated heterocycles. The van der Waals surface area contributed by atoms with E-state index in [-0.39, 0.29) is 10.3 Å². The third-order valence-electron chi connectivity index (χ3n) is 3.06. The van der Waals surface area contributed by atoms with E-state index in [4.69, 9.17) is 0 Å². The number of aromatic amines is 1. The van der Waals surface area contributed by atoms with Gasteiger partial charge in [-0.2, -0.15) is 5.10 Å². The molecule has 2 aromatic rings. The minimum Gasteiger partial charge on any atom is -0.280 e. The van der Waals surface area contributed by atoms with Gasteiger partial charge in [0.05, 0.1) is 4.90 Å². The van der Waals surface area contributed by atoms with Crippen molar-refractivity contribution in [3.8, 4) is 0 Å². The number of nitrogens with one attached hydrogen (secondary N) is 2. The van der Waals surface area contributed by atoms with Crippen LogP contribution in [0.15, 0.2) is 33.6 Å². The van der Waals surface area contributed by atoms with E-state index in [2.05, 4.69) is 30.8 Å².